The third-order valence-corrected chi connectivity index (χ3v) is 6.94. The number of halogens is 2. The van der Waals surface area contributed by atoms with E-state index in [9.17, 15) is 12.8 Å². The quantitative estimate of drug-likeness (QED) is 0.739. The molecule has 2 aromatic rings. The number of nitrogens with one attached hydrogen (secondary N) is 1. The van der Waals surface area contributed by atoms with Crippen molar-refractivity contribution in [2.45, 2.75) is 32.0 Å². The molecule has 0 atom stereocenters. The van der Waals surface area contributed by atoms with Crippen LogP contribution in [0, 0.1) is 5.82 Å². The topological polar surface area (TPSA) is 52.7 Å². The average Bonchev–Trinajstić information content (AvgIpc) is 2.67. The Bertz CT molecular complexity index is 867. The third-order valence-electron chi connectivity index (χ3n) is 5.00. The molecule has 2 aromatic carbocycles. The first-order valence-electron chi connectivity index (χ1n) is 9.28. The minimum absolute atomic E-state index is 0.117. The zero-order chi connectivity index (χ0) is 20.1. The van der Waals surface area contributed by atoms with Crippen LogP contribution in [0.25, 0.3) is 0 Å². The number of hydrogen-bond acceptors (Lipinski definition) is 3. The van der Waals surface area contributed by atoms with Crippen LogP contribution < -0.4 is 4.72 Å². The lowest BCUT2D eigenvalue weighted by molar-refractivity contribution is 0.199. The molecule has 1 aliphatic heterocycles. The fourth-order valence-corrected chi connectivity index (χ4v) is 4.70. The van der Waals surface area contributed by atoms with E-state index in [1.54, 1.807) is 6.07 Å². The monoisotopic (exact) mass is 425 g/mol. The van der Waals surface area contributed by atoms with Gasteiger partial charge in [-0.25, -0.2) is 4.39 Å². The van der Waals surface area contributed by atoms with Gasteiger partial charge < -0.3 is 0 Å². The number of hydrogen-bond donors (Lipinski definition) is 1. The molecule has 0 aromatic heterocycles. The van der Waals surface area contributed by atoms with Gasteiger partial charge in [-0.1, -0.05) is 48.0 Å². The van der Waals surface area contributed by atoms with E-state index in [-0.39, 0.29) is 23.2 Å². The highest BCUT2D eigenvalue weighted by Gasteiger charge is 2.27. The van der Waals surface area contributed by atoms with Gasteiger partial charge in [-0.05, 0) is 30.5 Å². The van der Waals surface area contributed by atoms with Crippen molar-refractivity contribution in [1.82, 2.24) is 13.9 Å². The molecule has 152 valence electrons. The van der Waals surface area contributed by atoms with Crippen molar-refractivity contribution in [2.24, 2.45) is 0 Å². The van der Waals surface area contributed by atoms with Crippen LogP contribution in [0.15, 0.2) is 48.5 Å². The predicted octanol–water partition coefficient (Wildman–Crippen LogP) is 3.41. The molecule has 1 fully saturated rings. The highest BCUT2D eigenvalue weighted by molar-refractivity contribution is 7.87. The zero-order valence-corrected chi connectivity index (χ0v) is 17.4. The fourth-order valence-electron chi connectivity index (χ4n) is 3.34. The summed E-state index contributed by atoms with van der Waals surface area (Å²) in [5.41, 5.74) is 1.43. The first-order chi connectivity index (χ1) is 13.3. The second-order valence-electron chi connectivity index (χ2n) is 7.12. The minimum atomic E-state index is -3.73. The summed E-state index contributed by atoms with van der Waals surface area (Å²) >= 11 is 6.01. The molecule has 1 aliphatic rings. The van der Waals surface area contributed by atoms with Gasteiger partial charge in [0.15, 0.2) is 0 Å². The SMILES string of the molecule is CN(Cc1c(F)cccc1Cl)S(=O)(=O)NC1CCN(Cc2ccccc2)CC1. The van der Waals surface area contributed by atoms with Crippen molar-refractivity contribution >= 4 is 21.8 Å². The largest absolute Gasteiger partial charge is 0.299 e. The first kappa shape index (κ1) is 21.2. The van der Waals surface area contributed by atoms with Crippen LogP contribution in [0.4, 0.5) is 4.39 Å². The Labute approximate surface area is 171 Å². The van der Waals surface area contributed by atoms with Gasteiger partial charge in [0.2, 0.25) is 0 Å². The van der Waals surface area contributed by atoms with Crippen molar-refractivity contribution in [3.05, 3.63) is 70.5 Å². The Morgan fingerprint density at radius 1 is 1.14 bits per heavy atom. The zero-order valence-electron chi connectivity index (χ0n) is 15.8. The summed E-state index contributed by atoms with van der Waals surface area (Å²) in [6.45, 7) is 2.40. The molecule has 8 heteroatoms. The number of piperidine rings is 1. The van der Waals surface area contributed by atoms with Gasteiger partial charge in [-0.15, -0.1) is 0 Å². The molecular weight excluding hydrogens is 401 g/mol. The van der Waals surface area contributed by atoms with E-state index in [1.807, 2.05) is 18.2 Å². The van der Waals surface area contributed by atoms with Gasteiger partial charge in [-0.3, -0.25) is 4.90 Å². The summed E-state index contributed by atoms with van der Waals surface area (Å²) in [7, 11) is -2.30. The number of likely N-dealkylation sites (tertiary alicyclic amines) is 1. The molecule has 0 amide bonds. The van der Waals surface area contributed by atoms with Crippen molar-refractivity contribution < 1.29 is 12.8 Å². The lowest BCUT2D eigenvalue weighted by atomic mass is 10.1. The first-order valence-corrected chi connectivity index (χ1v) is 11.1. The molecule has 0 radical (unpaired) electrons. The van der Waals surface area contributed by atoms with E-state index in [1.165, 1.54) is 24.7 Å². The molecule has 0 saturated carbocycles. The van der Waals surface area contributed by atoms with Crippen molar-refractivity contribution in [1.29, 1.82) is 0 Å². The molecular formula is C20H25ClFN3O2S. The van der Waals surface area contributed by atoms with Gasteiger partial charge in [0, 0.05) is 49.9 Å². The third kappa shape index (κ3) is 5.52. The van der Waals surface area contributed by atoms with Gasteiger partial charge >= 0.3 is 0 Å². The molecule has 28 heavy (non-hydrogen) atoms. The van der Waals surface area contributed by atoms with Crippen LogP contribution in [-0.2, 0) is 23.3 Å². The van der Waals surface area contributed by atoms with Crippen LogP contribution in [0.2, 0.25) is 5.02 Å². The summed E-state index contributed by atoms with van der Waals surface area (Å²) in [4.78, 5) is 2.32. The van der Waals surface area contributed by atoms with Crippen LogP contribution in [0.5, 0.6) is 0 Å². The molecule has 1 heterocycles. The van der Waals surface area contributed by atoms with Crippen LogP contribution >= 0.6 is 11.6 Å². The maximum absolute atomic E-state index is 13.9. The number of benzene rings is 2. The summed E-state index contributed by atoms with van der Waals surface area (Å²) in [6.07, 6.45) is 1.47. The summed E-state index contributed by atoms with van der Waals surface area (Å²) in [6, 6.07) is 14.4. The van der Waals surface area contributed by atoms with Crippen LogP contribution in [0.1, 0.15) is 24.0 Å². The molecule has 0 aliphatic carbocycles. The summed E-state index contributed by atoms with van der Waals surface area (Å²) in [5, 5.41) is 0.219. The second-order valence-corrected chi connectivity index (χ2v) is 9.33. The van der Waals surface area contributed by atoms with Gasteiger partial charge in [-0.2, -0.15) is 17.4 Å². The van der Waals surface area contributed by atoms with Crippen LogP contribution in [0.3, 0.4) is 0 Å². The lowest BCUT2D eigenvalue weighted by Crippen LogP contribution is -2.48. The predicted molar refractivity (Wildman–Crippen MR) is 110 cm³/mol. The van der Waals surface area contributed by atoms with E-state index < -0.39 is 16.0 Å². The summed E-state index contributed by atoms with van der Waals surface area (Å²) < 4.78 is 43.1. The Balaban J connectivity index is 1.53. The van der Waals surface area contributed by atoms with Crippen molar-refractivity contribution in [3.63, 3.8) is 0 Å². The second kappa shape index (κ2) is 9.33. The highest BCUT2D eigenvalue weighted by atomic mass is 35.5. The van der Waals surface area contributed by atoms with Gasteiger partial charge in [0.25, 0.3) is 10.2 Å². The fraction of sp³-hybridized carbons (Fsp3) is 0.400. The van der Waals surface area contributed by atoms with Gasteiger partial charge in [0.1, 0.15) is 5.82 Å². The number of nitrogens with zero attached hydrogens (tertiary/aromatic N) is 2. The molecule has 1 N–H and O–H groups in total. The van der Waals surface area contributed by atoms with E-state index in [2.05, 4.69) is 21.8 Å². The van der Waals surface area contributed by atoms with E-state index >= 15 is 0 Å². The molecule has 1 saturated heterocycles. The molecule has 3 rings (SSSR count). The van der Waals surface area contributed by atoms with Crippen molar-refractivity contribution in [3.8, 4) is 0 Å². The maximum atomic E-state index is 13.9. The standard InChI is InChI=1S/C20H25ClFN3O2S/c1-24(15-18-19(21)8-5-9-20(18)22)28(26,27)23-17-10-12-25(13-11-17)14-16-6-3-2-4-7-16/h2-9,17,23H,10-15H2,1H3. The Morgan fingerprint density at radius 3 is 2.46 bits per heavy atom. The Kier molecular flexibility index (Phi) is 7.06. The van der Waals surface area contributed by atoms with Crippen LogP contribution in [-0.4, -0.2) is 43.8 Å². The van der Waals surface area contributed by atoms with E-state index in [4.69, 9.17) is 11.6 Å². The Morgan fingerprint density at radius 2 is 1.82 bits per heavy atom. The average molecular weight is 426 g/mol. The minimum Gasteiger partial charge on any atom is -0.299 e. The molecule has 5 nitrogen and oxygen atoms in total. The Hall–Kier alpha value is -1.51. The van der Waals surface area contributed by atoms with E-state index in [0.29, 0.717) is 0 Å². The highest BCUT2D eigenvalue weighted by Crippen LogP contribution is 2.22. The molecule has 0 unspecified atom stereocenters. The van der Waals surface area contributed by atoms with Gasteiger partial charge in [0.05, 0.1) is 0 Å². The maximum Gasteiger partial charge on any atom is 0.279 e. The molecule has 0 bridgehead atoms. The van der Waals surface area contributed by atoms with Crippen molar-refractivity contribution in [2.75, 3.05) is 20.1 Å². The molecule has 0 spiro atoms. The summed E-state index contributed by atoms with van der Waals surface area (Å²) in [5.74, 6) is -0.510. The smallest absolute Gasteiger partial charge is 0.279 e. The lowest BCUT2D eigenvalue weighted by Gasteiger charge is -2.33. The van der Waals surface area contributed by atoms with E-state index in [0.717, 1.165) is 36.8 Å². The number of rotatable bonds is 7. The normalized spacial score (nSPS) is 16.6.